The maximum atomic E-state index is 11.5. The molecule has 3 aliphatic heterocycles. The van der Waals surface area contributed by atoms with E-state index in [2.05, 4.69) is 6.58 Å². The first kappa shape index (κ1) is 9.27. The molecule has 3 rings (SSSR count). The van der Waals surface area contributed by atoms with Gasteiger partial charge in [0.25, 0.3) is 0 Å². The normalized spacial score (nSPS) is 35.9. The van der Waals surface area contributed by atoms with Crippen LogP contribution in [0.5, 0.6) is 0 Å². The standard InChI is InChI=1S/C11H12O4/c1-2-8(12)7-5-10-11(6-9(7)15-10)13-3-4-14-11/h2,5,9-10H,1,3-4,6H2/t9-,10-/m0/s1. The smallest absolute Gasteiger partial charge is 0.201 e. The maximum absolute atomic E-state index is 11.5. The molecule has 4 nitrogen and oxygen atoms in total. The van der Waals surface area contributed by atoms with E-state index in [0.29, 0.717) is 25.2 Å². The molecule has 2 atom stereocenters. The number of ether oxygens (including phenoxy) is 3. The van der Waals surface area contributed by atoms with Gasteiger partial charge in [0.15, 0.2) is 5.78 Å². The van der Waals surface area contributed by atoms with Crippen LogP contribution in [0.3, 0.4) is 0 Å². The molecule has 0 aliphatic carbocycles. The first-order valence-electron chi connectivity index (χ1n) is 5.07. The van der Waals surface area contributed by atoms with Gasteiger partial charge < -0.3 is 14.2 Å². The van der Waals surface area contributed by atoms with E-state index in [1.165, 1.54) is 6.08 Å². The van der Waals surface area contributed by atoms with Crippen LogP contribution < -0.4 is 0 Å². The van der Waals surface area contributed by atoms with Crippen molar-refractivity contribution < 1.29 is 19.0 Å². The lowest BCUT2D eigenvalue weighted by Gasteiger charge is -2.27. The summed E-state index contributed by atoms with van der Waals surface area (Å²) < 4.78 is 16.8. The summed E-state index contributed by atoms with van der Waals surface area (Å²) in [7, 11) is 0. The highest BCUT2D eigenvalue weighted by atomic mass is 16.8. The molecule has 2 saturated heterocycles. The minimum Gasteiger partial charge on any atom is -0.360 e. The zero-order valence-electron chi connectivity index (χ0n) is 8.27. The summed E-state index contributed by atoms with van der Waals surface area (Å²) in [6.45, 7) is 4.67. The fraction of sp³-hybridized carbons (Fsp3) is 0.545. The molecule has 3 aliphatic rings. The van der Waals surface area contributed by atoms with Gasteiger partial charge in [0.2, 0.25) is 5.79 Å². The Hall–Kier alpha value is -0.970. The third kappa shape index (κ3) is 1.16. The number of rotatable bonds is 2. The summed E-state index contributed by atoms with van der Waals surface area (Å²) in [4.78, 5) is 11.5. The Balaban J connectivity index is 1.88. The lowest BCUT2D eigenvalue weighted by molar-refractivity contribution is -0.175. The quantitative estimate of drug-likeness (QED) is 0.623. The Morgan fingerprint density at radius 1 is 1.53 bits per heavy atom. The van der Waals surface area contributed by atoms with Gasteiger partial charge in [-0.15, -0.1) is 0 Å². The summed E-state index contributed by atoms with van der Waals surface area (Å²) in [5.41, 5.74) is 0.694. The first-order valence-corrected chi connectivity index (χ1v) is 5.07. The van der Waals surface area contributed by atoms with Crippen LogP contribution in [0.15, 0.2) is 24.3 Å². The first-order chi connectivity index (χ1) is 7.25. The molecular weight excluding hydrogens is 196 g/mol. The maximum Gasteiger partial charge on any atom is 0.201 e. The number of carbonyl (C=O) groups excluding carboxylic acids is 1. The van der Waals surface area contributed by atoms with E-state index in [9.17, 15) is 4.79 Å². The van der Waals surface area contributed by atoms with E-state index in [-0.39, 0.29) is 18.0 Å². The summed E-state index contributed by atoms with van der Waals surface area (Å²) in [6, 6.07) is 0. The van der Waals surface area contributed by atoms with Crippen molar-refractivity contribution in [1.82, 2.24) is 0 Å². The molecule has 0 aromatic carbocycles. The third-order valence-electron chi connectivity index (χ3n) is 3.14. The van der Waals surface area contributed by atoms with Gasteiger partial charge in [-0.3, -0.25) is 4.79 Å². The molecule has 80 valence electrons. The average molecular weight is 208 g/mol. The number of fused-ring (bicyclic) bond motifs is 3. The topological polar surface area (TPSA) is 44.8 Å². The summed E-state index contributed by atoms with van der Waals surface area (Å²) in [5, 5.41) is 0. The number of hydrogen-bond donors (Lipinski definition) is 0. The highest BCUT2D eigenvalue weighted by Crippen LogP contribution is 2.45. The Labute approximate surface area is 87.5 Å². The van der Waals surface area contributed by atoms with Gasteiger partial charge >= 0.3 is 0 Å². The van der Waals surface area contributed by atoms with E-state index in [4.69, 9.17) is 14.2 Å². The average Bonchev–Trinajstić information content (AvgIpc) is 2.92. The highest BCUT2D eigenvalue weighted by Gasteiger charge is 2.57. The minimum atomic E-state index is -0.615. The lowest BCUT2D eigenvalue weighted by atomic mass is 9.92. The van der Waals surface area contributed by atoms with Gasteiger partial charge in [-0.25, -0.2) is 0 Å². The van der Waals surface area contributed by atoms with Crippen LogP contribution in [0.2, 0.25) is 0 Å². The van der Waals surface area contributed by atoms with Crippen molar-refractivity contribution in [3.8, 4) is 0 Å². The van der Waals surface area contributed by atoms with Gasteiger partial charge in [0, 0.05) is 12.0 Å². The zero-order valence-corrected chi connectivity index (χ0v) is 8.27. The second-order valence-corrected chi connectivity index (χ2v) is 3.95. The van der Waals surface area contributed by atoms with E-state index in [0.717, 1.165) is 0 Å². The van der Waals surface area contributed by atoms with Crippen molar-refractivity contribution in [2.24, 2.45) is 0 Å². The second-order valence-electron chi connectivity index (χ2n) is 3.95. The number of hydrogen-bond acceptors (Lipinski definition) is 4. The molecular formula is C11H12O4. The van der Waals surface area contributed by atoms with Crippen LogP contribution in [-0.4, -0.2) is 37.0 Å². The minimum absolute atomic E-state index is 0.0599. The fourth-order valence-corrected chi connectivity index (χ4v) is 2.43. The summed E-state index contributed by atoms with van der Waals surface area (Å²) in [5.74, 6) is -0.675. The van der Waals surface area contributed by atoms with Crippen molar-refractivity contribution in [3.63, 3.8) is 0 Å². The molecule has 2 bridgehead atoms. The van der Waals surface area contributed by atoms with Gasteiger partial charge in [-0.2, -0.15) is 0 Å². The molecule has 0 radical (unpaired) electrons. The zero-order chi connectivity index (χ0) is 10.5. The SMILES string of the molecule is C=CC(=O)C1=C[C@@H]2O[C@H]1CC21OCCO1. The van der Waals surface area contributed by atoms with Crippen LogP contribution in [0.25, 0.3) is 0 Å². The van der Waals surface area contributed by atoms with Crippen molar-refractivity contribution in [1.29, 1.82) is 0 Å². The molecule has 15 heavy (non-hydrogen) atoms. The third-order valence-corrected chi connectivity index (χ3v) is 3.14. The van der Waals surface area contributed by atoms with E-state index in [1.54, 1.807) is 0 Å². The Bertz CT molecular complexity index is 352. The van der Waals surface area contributed by atoms with Gasteiger partial charge in [-0.1, -0.05) is 6.58 Å². The second kappa shape index (κ2) is 3.01. The van der Waals surface area contributed by atoms with Gasteiger partial charge in [0.05, 0.1) is 19.3 Å². The highest BCUT2D eigenvalue weighted by molar-refractivity contribution is 6.05. The Kier molecular flexibility index (Phi) is 1.86. The van der Waals surface area contributed by atoms with Crippen LogP contribution in [0.4, 0.5) is 0 Å². The fourth-order valence-electron chi connectivity index (χ4n) is 2.43. The molecule has 0 amide bonds. The van der Waals surface area contributed by atoms with Gasteiger partial charge in [-0.05, 0) is 12.2 Å². The molecule has 4 heteroatoms. The number of carbonyl (C=O) groups is 1. The van der Waals surface area contributed by atoms with Crippen molar-refractivity contribution >= 4 is 5.78 Å². The Morgan fingerprint density at radius 3 is 2.80 bits per heavy atom. The number of ketones is 1. The molecule has 0 saturated carbocycles. The van der Waals surface area contributed by atoms with Crippen molar-refractivity contribution in [2.45, 2.75) is 24.4 Å². The molecule has 2 fully saturated rings. The van der Waals surface area contributed by atoms with Crippen molar-refractivity contribution in [2.75, 3.05) is 13.2 Å². The molecule has 0 aromatic rings. The van der Waals surface area contributed by atoms with Crippen LogP contribution in [-0.2, 0) is 19.0 Å². The molecule has 3 heterocycles. The molecule has 0 N–H and O–H groups in total. The largest absolute Gasteiger partial charge is 0.360 e. The summed E-state index contributed by atoms with van der Waals surface area (Å²) in [6.07, 6.45) is 3.33. The predicted octanol–water partition coefficient (Wildman–Crippen LogP) is 0.582. The molecule has 0 unspecified atom stereocenters. The van der Waals surface area contributed by atoms with Crippen molar-refractivity contribution in [3.05, 3.63) is 24.3 Å². The monoisotopic (exact) mass is 208 g/mol. The summed E-state index contributed by atoms with van der Waals surface area (Å²) >= 11 is 0. The number of allylic oxidation sites excluding steroid dienone is 1. The molecule has 0 aromatic heterocycles. The van der Waals surface area contributed by atoms with E-state index in [1.807, 2.05) is 6.08 Å². The lowest BCUT2D eigenvalue weighted by Crippen LogP contribution is -2.40. The van der Waals surface area contributed by atoms with Gasteiger partial charge in [0.1, 0.15) is 6.10 Å². The molecule has 1 spiro atoms. The Morgan fingerprint density at radius 2 is 2.27 bits per heavy atom. The van der Waals surface area contributed by atoms with Crippen LogP contribution in [0, 0.1) is 0 Å². The van der Waals surface area contributed by atoms with Crippen LogP contribution >= 0.6 is 0 Å². The van der Waals surface area contributed by atoms with Crippen LogP contribution in [0.1, 0.15) is 6.42 Å². The van der Waals surface area contributed by atoms with E-state index < -0.39 is 5.79 Å². The predicted molar refractivity (Wildman–Crippen MR) is 51.2 cm³/mol. The van der Waals surface area contributed by atoms with E-state index >= 15 is 0 Å².